The van der Waals surface area contributed by atoms with Crippen molar-refractivity contribution in [3.63, 3.8) is 0 Å². The lowest BCUT2D eigenvalue weighted by Crippen LogP contribution is -2.05. The fourth-order valence-corrected chi connectivity index (χ4v) is 2.09. The number of benzene rings is 2. The average molecular weight is 276 g/mol. The van der Waals surface area contributed by atoms with E-state index in [1.54, 1.807) is 12.1 Å². The second-order valence-electron chi connectivity index (χ2n) is 4.39. The van der Waals surface area contributed by atoms with Gasteiger partial charge in [-0.25, -0.2) is 0 Å². The lowest BCUT2D eigenvalue weighted by molar-refractivity contribution is 0.230. The Morgan fingerprint density at radius 1 is 1.14 bits per heavy atom. The van der Waals surface area contributed by atoms with Crippen LogP contribution in [0.1, 0.15) is 17.2 Å². The maximum absolute atomic E-state index is 10.6. The van der Waals surface area contributed by atoms with Gasteiger partial charge in [0, 0.05) is 11.1 Å². The van der Waals surface area contributed by atoms with Gasteiger partial charge in [-0.15, -0.1) is 12.2 Å². The second-order valence-corrected chi connectivity index (χ2v) is 4.39. The van der Waals surface area contributed by atoms with Gasteiger partial charge in [0.15, 0.2) is 0 Å². The Kier molecular flexibility index (Phi) is 5.01. The van der Waals surface area contributed by atoms with Gasteiger partial charge in [0.2, 0.25) is 0 Å². The number of hydrogen-bond donors (Lipinski definition) is 1. The molecule has 104 valence electrons. The summed E-state index contributed by atoms with van der Waals surface area (Å²) in [7, 11) is 0. The third-order valence-electron chi connectivity index (χ3n) is 3.07. The van der Waals surface area contributed by atoms with E-state index >= 15 is 0 Å². The van der Waals surface area contributed by atoms with Crippen molar-refractivity contribution in [2.75, 3.05) is 6.61 Å². The molecule has 0 aliphatic rings. The van der Waals surface area contributed by atoms with E-state index in [4.69, 9.17) is 11.2 Å². The van der Waals surface area contributed by atoms with E-state index in [1.807, 2.05) is 42.5 Å². The molecule has 0 aliphatic heterocycles. The Labute approximate surface area is 125 Å². The summed E-state index contributed by atoms with van der Waals surface area (Å²) >= 11 is 0. The molecule has 2 heteroatoms. The maximum Gasteiger partial charge on any atom is 0.148 e. The average Bonchev–Trinajstić information content (AvgIpc) is 2.55. The van der Waals surface area contributed by atoms with Gasteiger partial charge in [-0.05, 0) is 11.6 Å². The molecule has 0 aliphatic carbocycles. The number of ether oxygens (including phenoxy) is 1. The monoisotopic (exact) mass is 276 g/mol. The molecular formula is C19H16O2. The molecule has 1 unspecified atom stereocenters. The molecule has 21 heavy (non-hydrogen) atoms. The van der Waals surface area contributed by atoms with Crippen LogP contribution in [0.3, 0.4) is 0 Å². The lowest BCUT2D eigenvalue weighted by Gasteiger charge is -2.17. The molecule has 0 aromatic heterocycles. The van der Waals surface area contributed by atoms with Crippen molar-refractivity contribution < 1.29 is 9.84 Å². The number of aliphatic hydroxyl groups excluding tert-OH is 1. The van der Waals surface area contributed by atoms with Gasteiger partial charge in [-0.1, -0.05) is 61.0 Å². The summed E-state index contributed by atoms with van der Waals surface area (Å²) in [5, 5.41) is 10.6. The van der Waals surface area contributed by atoms with E-state index in [0.29, 0.717) is 16.9 Å². The van der Waals surface area contributed by atoms with Crippen LogP contribution < -0.4 is 4.74 Å². The fraction of sp³-hybridized carbons (Fsp3) is 0.105. The van der Waals surface area contributed by atoms with Crippen LogP contribution >= 0.6 is 0 Å². The van der Waals surface area contributed by atoms with Crippen LogP contribution in [0.5, 0.6) is 5.75 Å². The third kappa shape index (κ3) is 3.43. The Morgan fingerprint density at radius 2 is 1.81 bits per heavy atom. The highest BCUT2D eigenvalue weighted by atomic mass is 16.5. The molecular weight excluding hydrogens is 260 g/mol. The Hall–Kier alpha value is -2.72. The van der Waals surface area contributed by atoms with Crippen LogP contribution in [0, 0.1) is 12.3 Å². The van der Waals surface area contributed by atoms with Crippen molar-refractivity contribution in [3.05, 3.63) is 78.0 Å². The Morgan fingerprint density at radius 3 is 2.48 bits per heavy atom. The van der Waals surface area contributed by atoms with Gasteiger partial charge in [0.25, 0.3) is 0 Å². The van der Waals surface area contributed by atoms with Crippen molar-refractivity contribution in [2.24, 2.45) is 0 Å². The highest BCUT2D eigenvalue weighted by Gasteiger charge is 2.18. The smallest absolute Gasteiger partial charge is 0.148 e. The molecule has 0 saturated carbocycles. The minimum absolute atomic E-state index is 0.155. The zero-order valence-corrected chi connectivity index (χ0v) is 11.6. The summed E-state index contributed by atoms with van der Waals surface area (Å²) in [6.07, 6.45) is 4.34. The number of aliphatic hydroxyl groups is 1. The van der Waals surface area contributed by atoms with E-state index in [0.717, 1.165) is 5.56 Å². The predicted octanol–water partition coefficient (Wildman–Crippen LogP) is 3.60. The summed E-state index contributed by atoms with van der Waals surface area (Å²) in [6, 6.07) is 16.8. The summed E-state index contributed by atoms with van der Waals surface area (Å²) < 4.78 is 5.48. The molecule has 1 N–H and O–H groups in total. The first-order valence-electron chi connectivity index (χ1n) is 6.56. The zero-order valence-electron chi connectivity index (χ0n) is 11.6. The molecule has 1 atom stereocenters. The first-order valence-corrected chi connectivity index (χ1v) is 6.56. The molecule has 0 bridgehead atoms. The van der Waals surface area contributed by atoms with Gasteiger partial charge < -0.3 is 9.84 Å². The van der Waals surface area contributed by atoms with Crippen molar-refractivity contribution in [1.29, 1.82) is 0 Å². The van der Waals surface area contributed by atoms with Crippen molar-refractivity contribution in [1.82, 2.24) is 0 Å². The van der Waals surface area contributed by atoms with E-state index in [1.165, 1.54) is 0 Å². The first-order chi connectivity index (χ1) is 10.3. The van der Waals surface area contributed by atoms with Crippen molar-refractivity contribution in [2.45, 2.75) is 6.10 Å². The van der Waals surface area contributed by atoms with Crippen molar-refractivity contribution >= 4 is 5.57 Å². The van der Waals surface area contributed by atoms with Crippen LogP contribution in [0.4, 0.5) is 0 Å². The summed E-state index contributed by atoms with van der Waals surface area (Å²) in [5.74, 6) is 2.98. The predicted molar refractivity (Wildman–Crippen MR) is 84.7 cm³/mol. The molecule has 2 aromatic rings. The van der Waals surface area contributed by atoms with Crippen LogP contribution in [0.2, 0.25) is 0 Å². The largest absolute Gasteiger partial charge is 0.481 e. The quantitative estimate of drug-likeness (QED) is 0.668. The standard InChI is InChI=1S/C19H16O2/c1-3-14-21-18-13-9-8-12-17(18)19(20)16(4-2)15-10-6-5-7-11-15/h1,5-13,19-20H,2,14H2. The van der Waals surface area contributed by atoms with Crippen LogP contribution in [-0.4, -0.2) is 11.7 Å². The number of rotatable bonds is 5. The zero-order chi connectivity index (χ0) is 15.1. The molecule has 0 spiro atoms. The van der Waals surface area contributed by atoms with Crippen LogP contribution in [0.25, 0.3) is 5.57 Å². The maximum atomic E-state index is 10.6. The van der Waals surface area contributed by atoms with Gasteiger partial charge >= 0.3 is 0 Å². The van der Waals surface area contributed by atoms with E-state index < -0.39 is 6.10 Å². The van der Waals surface area contributed by atoms with E-state index in [9.17, 15) is 5.11 Å². The highest BCUT2D eigenvalue weighted by Crippen LogP contribution is 2.34. The summed E-state index contributed by atoms with van der Waals surface area (Å²) in [6.45, 7) is 3.84. The second kappa shape index (κ2) is 7.17. The Bertz CT molecular complexity index is 689. The number of hydrogen-bond acceptors (Lipinski definition) is 2. The van der Waals surface area contributed by atoms with Gasteiger partial charge in [-0.3, -0.25) is 0 Å². The molecule has 2 aromatic carbocycles. The summed E-state index contributed by atoms with van der Waals surface area (Å²) in [5.41, 5.74) is 4.93. The number of terminal acetylenes is 1. The van der Waals surface area contributed by atoms with Gasteiger partial charge in [-0.2, -0.15) is 0 Å². The minimum Gasteiger partial charge on any atom is -0.481 e. The Balaban J connectivity index is 2.38. The molecule has 0 radical (unpaired) electrons. The first kappa shape index (κ1) is 14.7. The molecule has 0 heterocycles. The number of para-hydroxylation sites is 1. The normalized spacial score (nSPS) is 11.0. The molecule has 0 fully saturated rings. The lowest BCUT2D eigenvalue weighted by atomic mass is 9.95. The fourth-order valence-electron chi connectivity index (χ4n) is 2.09. The molecule has 2 nitrogen and oxygen atoms in total. The highest BCUT2D eigenvalue weighted by molar-refractivity contribution is 5.70. The molecule has 0 saturated heterocycles. The van der Waals surface area contributed by atoms with Crippen LogP contribution in [0.15, 0.2) is 66.9 Å². The van der Waals surface area contributed by atoms with Gasteiger partial charge in [0.05, 0.1) is 0 Å². The molecule has 0 amide bonds. The minimum atomic E-state index is -0.876. The van der Waals surface area contributed by atoms with E-state index in [2.05, 4.69) is 18.2 Å². The van der Waals surface area contributed by atoms with Crippen molar-refractivity contribution in [3.8, 4) is 18.1 Å². The van der Waals surface area contributed by atoms with E-state index in [-0.39, 0.29) is 6.61 Å². The SMILES string of the molecule is C#CCOc1ccccc1C(O)C(=C=C)c1ccccc1. The van der Waals surface area contributed by atoms with Gasteiger partial charge in [0.1, 0.15) is 18.5 Å². The third-order valence-corrected chi connectivity index (χ3v) is 3.07. The summed E-state index contributed by atoms with van der Waals surface area (Å²) in [4.78, 5) is 0. The molecule has 2 rings (SSSR count). The van der Waals surface area contributed by atoms with Crippen LogP contribution in [-0.2, 0) is 0 Å². The topological polar surface area (TPSA) is 29.5 Å².